The maximum absolute atomic E-state index is 13.6. The highest BCUT2D eigenvalue weighted by Crippen LogP contribution is 2.35. The van der Waals surface area contributed by atoms with E-state index in [9.17, 15) is 13.5 Å². The first-order chi connectivity index (χ1) is 17.4. The van der Waals surface area contributed by atoms with Gasteiger partial charge in [0.15, 0.2) is 5.65 Å². The maximum Gasteiger partial charge on any atom is 0.269 e. The quantitative estimate of drug-likeness (QED) is 0.278. The number of hydrogen-bond acceptors (Lipinski definition) is 4. The van der Waals surface area contributed by atoms with E-state index in [1.54, 1.807) is 60.9 Å². The van der Waals surface area contributed by atoms with Crippen LogP contribution in [0.2, 0.25) is 0 Å². The molecule has 0 bridgehead atoms. The lowest BCUT2D eigenvalue weighted by atomic mass is 10.0. The lowest BCUT2D eigenvalue weighted by molar-refractivity contribution is 0.475. The van der Waals surface area contributed by atoms with E-state index in [1.165, 1.54) is 9.54 Å². The van der Waals surface area contributed by atoms with Gasteiger partial charge in [0, 0.05) is 28.9 Å². The molecule has 0 fully saturated rings. The highest BCUT2D eigenvalue weighted by atomic mass is 32.2. The number of aromatic hydroxyl groups is 1. The van der Waals surface area contributed by atoms with Gasteiger partial charge < -0.3 is 5.11 Å². The Morgan fingerprint density at radius 2 is 1.44 bits per heavy atom. The molecule has 2 heterocycles. The Morgan fingerprint density at radius 3 is 2.06 bits per heavy atom. The summed E-state index contributed by atoms with van der Waals surface area (Å²) in [6, 6.07) is 23.8. The van der Waals surface area contributed by atoms with Gasteiger partial charge in [0.25, 0.3) is 10.0 Å². The molecule has 0 atom stereocenters. The van der Waals surface area contributed by atoms with Crippen LogP contribution in [0.3, 0.4) is 0 Å². The lowest BCUT2D eigenvalue weighted by Crippen LogP contribution is -2.12. The monoisotopic (exact) mass is 498 g/mol. The van der Waals surface area contributed by atoms with Crippen LogP contribution in [0.1, 0.15) is 31.9 Å². The summed E-state index contributed by atoms with van der Waals surface area (Å²) in [6.07, 6.45) is 4.29. The molecule has 0 saturated heterocycles. The largest absolute Gasteiger partial charge is 0.508 e. The molecule has 6 heteroatoms. The van der Waals surface area contributed by atoms with Gasteiger partial charge in [0.1, 0.15) is 5.75 Å². The van der Waals surface area contributed by atoms with Gasteiger partial charge in [-0.2, -0.15) is 0 Å². The van der Waals surface area contributed by atoms with Gasteiger partial charge >= 0.3 is 0 Å². The first-order valence-corrected chi connectivity index (χ1v) is 13.5. The molecule has 2 aromatic heterocycles. The van der Waals surface area contributed by atoms with E-state index >= 15 is 0 Å². The summed E-state index contributed by atoms with van der Waals surface area (Å²) >= 11 is 0. The Labute approximate surface area is 212 Å². The third-order valence-corrected chi connectivity index (χ3v) is 7.73. The number of nitrogens with zero attached hydrogens (tertiary/aromatic N) is 2. The zero-order valence-electron chi connectivity index (χ0n) is 20.9. The van der Waals surface area contributed by atoms with Crippen molar-refractivity contribution in [2.75, 3.05) is 0 Å². The summed E-state index contributed by atoms with van der Waals surface area (Å²) in [6.45, 7) is 8.03. The van der Waals surface area contributed by atoms with Crippen LogP contribution in [0.4, 0.5) is 0 Å². The number of phenolic OH excluding ortho intramolecular Hbond substituents is 1. The molecule has 0 aliphatic rings. The van der Waals surface area contributed by atoms with Gasteiger partial charge in [-0.1, -0.05) is 74.9 Å². The summed E-state index contributed by atoms with van der Waals surface area (Å²) in [4.78, 5) is 4.81. The molecule has 184 valence electrons. The van der Waals surface area contributed by atoms with Crippen molar-refractivity contribution in [3.63, 3.8) is 0 Å². The second-order valence-corrected chi connectivity index (χ2v) is 10.2. The summed E-state index contributed by atoms with van der Waals surface area (Å²) in [5, 5.41) is 10.5. The van der Waals surface area contributed by atoms with Crippen LogP contribution in [0.25, 0.3) is 33.3 Å². The number of phenols is 1. The number of aromatic nitrogens is 2. The van der Waals surface area contributed by atoms with E-state index in [4.69, 9.17) is 0 Å². The fourth-order valence-corrected chi connectivity index (χ4v) is 5.37. The molecule has 5 rings (SSSR count). The van der Waals surface area contributed by atoms with E-state index in [2.05, 4.69) is 36.2 Å². The van der Waals surface area contributed by atoms with Gasteiger partial charge in [0.05, 0.1) is 4.90 Å². The smallest absolute Gasteiger partial charge is 0.269 e. The van der Waals surface area contributed by atoms with Gasteiger partial charge in [0.2, 0.25) is 0 Å². The Balaban J connectivity index is 0.00000148. The van der Waals surface area contributed by atoms with Crippen molar-refractivity contribution in [2.45, 2.75) is 39.0 Å². The minimum Gasteiger partial charge on any atom is -0.508 e. The molecule has 5 nitrogen and oxygen atoms in total. The van der Waals surface area contributed by atoms with E-state index in [0.717, 1.165) is 39.6 Å². The van der Waals surface area contributed by atoms with Crippen LogP contribution in [0, 0.1) is 6.92 Å². The highest BCUT2D eigenvalue weighted by Gasteiger charge is 2.23. The van der Waals surface area contributed by atoms with E-state index in [1.807, 2.05) is 26.8 Å². The Morgan fingerprint density at radius 1 is 0.833 bits per heavy atom. The van der Waals surface area contributed by atoms with Crippen LogP contribution >= 0.6 is 0 Å². The van der Waals surface area contributed by atoms with Gasteiger partial charge in [-0.3, -0.25) is 0 Å². The lowest BCUT2D eigenvalue weighted by Gasteiger charge is -2.08. The number of benzene rings is 3. The van der Waals surface area contributed by atoms with Crippen molar-refractivity contribution in [3.05, 3.63) is 102 Å². The third kappa shape index (κ3) is 4.77. The molecule has 3 aromatic carbocycles. The van der Waals surface area contributed by atoms with E-state index in [0.29, 0.717) is 5.65 Å². The minimum absolute atomic E-state index is 0.148. The molecule has 1 N–H and O–H groups in total. The van der Waals surface area contributed by atoms with Crippen molar-refractivity contribution in [2.24, 2.45) is 0 Å². The Bertz CT molecular complexity index is 1580. The SMILES string of the molecule is CC.CCc1ccc(-c2cnc3c(c2)c(-c2ccc(O)cc2)cn3S(=O)(=O)c2ccc(C)cc2)cc1. The molecule has 0 amide bonds. The van der Waals surface area contributed by atoms with E-state index < -0.39 is 10.0 Å². The number of pyridine rings is 1. The summed E-state index contributed by atoms with van der Waals surface area (Å²) in [5.41, 5.74) is 6.03. The van der Waals surface area contributed by atoms with Crippen LogP contribution in [-0.2, 0) is 16.4 Å². The summed E-state index contributed by atoms with van der Waals surface area (Å²) in [5.74, 6) is 0.148. The normalized spacial score (nSPS) is 11.2. The molecule has 0 aliphatic heterocycles. The molecule has 0 spiro atoms. The van der Waals surface area contributed by atoms with Gasteiger partial charge in [-0.25, -0.2) is 17.4 Å². The first kappa shape index (κ1) is 25.2. The van der Waals surface area contributed by atoms with Crippen molar-refractivity contribution in [3.8, 4) is 28.0 Å². The van der Waals surface area contributed by atoms with E-state index in [-0.39, 0.29) is 10.6 Å². The fraction of sp³-hybridized carbons (Fsp3) is 0.167. The van der Waals surface area contributed by atoms with Crippen LogP contribution in [0.5, 0.6) is 5.75 Å². The van der Waals surface area contributed by atoms with Crippen LogP contribution < -0.4 is 0 Å². The topological polar surface area (TPSA) is 72.2 Å². The number of rotatable bonds is 5. The van der Waals surface area contributed by atoms with Crippen molar-refractivity contribution < 1.29 is 13.5 Å². The molecule has 0 unspecified atom stereocenters. The zero-order chi connectivity index (χ0) is 25.9. The van der Waals surface area contributed by atoms with Gasteiger partial charge in [-0.15, -0.1) is 0 Å². The molecule has 36 heavy (non-hydrogen) atoms. The fourth-order valence-electron chi connectivity index (χ4n) is 4.05. The second-order valence-electron chi connectivity index (χ2n) is 8.35. The average Bonchev–Trinajstić information content (AvgIpc) is 3.30. The van der Waals surface area contributed by atoms with Crippen LogP contribution in [0.15, 0.2) is 96.2 Å². The number of fused-ring (bicyclic) bond motifs is 1. The van der Waals surface area contributed by atoms with Crippen molar-refractivity contribution in [1.82, 2.24) is 8.96 Å². The van der Waals surface area contributed by atoms with Crippen LogP contribution in [-0.4, -0.2) is 22.5 Å². The first-order valence-electron chi connectivity index (χ1n) is 12.1. The second kappa shape index (κ2) is 10.4. The molecule has 5 aromatic rings. The molecule has 0 radical (unpaired) electrons. The Hall–Kier alpha value is -3.90. The molecule has 0 aliphatic carbocycles. The van der Waals surface area contributed by atoms with Gasteiger partial charge in [-0.05, 0) is 60.4 Å². The zero-order valence-corrected chi connectivity index (χ0v) is 21.8. The van der Waals surface area contributed by atoms with Crippen molar-refractivity contribution in [1.29, 1.82) is 0 Å². The summed E-state index contributed by atoms with van der Waals surface area (Å²) in [7, 11) is -3.86. The third-order valence-electron chi connectivity index (χ3n) is 6.06. The predicted octanol–water partition coefficient (Wildman–Crippen LogP) is 7.21. The standard InChI is InChI=1S/C28H24N2O3S.C2H6/c1-3-20-6-8-21(9-7-20)23-16-26-27(22-10-12-24(31)13-11-22)18-30(28(26)29-17-23)34(32,33)25-14-4-19(2)5-15-25;1-2/h4-18,31H,3H2,1-2H3;1-2H3. The summed E-state index contributed by atoms with van der Waals surface area (Å²) < 4.78 is 28.4. The van der Waals surface area contributed by atoms with Crippen molar-refractivity contribution >= 4 is 21.1 Å². The maximum atomic E-state index is 13.6. The number of aryl methyl sites for hydroxylation is 2. The molecular formula is C30H30N2O3S. The molecular weight excluding hydrogens is 468 g/mol. The average molecular weight is 499 g/mol. The predicted molar refractivity (Wildman–Crippen MR) is 147 cm³/mol. The minimum atomic E-state index is -3.86. The Kier molecular flexibility index (Phi) is 7.27. The highest BCUT2D eigenvalue weighted by molar-refractivity contribution is 7.90. The molecule has 0 saturated carbocycles. The number of hydrogen-bond donors (Lipinski definition) is 1.